The number of nitrogens with one attached hydrogen (secondary N) is 1. The summed E-state index contributed by atoms with van der Waals surface area (Å²) >= 11 is 0. The molecular formula is C18H22N2O2. The predicted molar refractivity (Wildman–Crippen MR) is 86.7 cm³/mol. The van der Waals surface area contributed by atoms with E-state index >= 15 is 0 Å². The van der Waals surface area contributed by atoms with Gasteiger partial charge < -0.3 is 10.1 Å². The summed E-state index contributed by atoms with van der Waals surface area (Å²) in [5.41, 5.74) is 2.21. The molecule has 0 radical (unpaired) electrons. The highest BCUT2D eigenvalue weighted by molar-refractivity contribution is 5.76. The van der Waals surface area contributed by atoms with Gasteiger partial charge in [0.2, 0.25) is 5.91 Å². The molecule has 116 valence electrons. The molecule has 1 aromatic heterocycles. The number of ether oxygens (including phenoxy) is 1. The molecule has 0 saturated carbocycles. The van der Waals surface area contributed by atoms with E-state index in [2.05, 4.69) is 10.3 Å². The van der Waals surface area contributed by atoms with E-state index in [9.17, 15) is 4.79 Å². The number of aromatic nitrogens is 1. The van der Waals surface area contributed by atoms with Crippen molar-refractivity contribution in [3.05, 3.63) is 59.9 Å². The van der Waals surface area contributed by atoms with Crippen LogP contribution in [0.3, 0.4) is 0 Å². The van der Waals surface area contributed by atoms with Crippen molar-refractivity contribution in [2.45, 2.75) is 32.7 Å². The van der Waals surface area contributed by atoms with Gasteiger partial charge in [0.05, 0.1) is 12.6 Å². The molecule has 2 aromatic rings. The van der Waals surface area contributed by atoms with Gasteiger partial charge in [0.25, 0.3) is 0 Å². The Morgan fingerprint density at radius 2 is 2.05 bits per heavy atom. The molecule has 22 heavy (non-hydrogen) atoms. The summed E-state index contributed by atoms with van der Waals surface area (Å²) < 4.78 is 5.61. The van der Waals surface area contributed by atoms with Gasteiger partial charge in [0.1, 0.15) is 5.75 Å². The van der Waals surface area contributed by atoms with Crippen LogP contribution in [0, 0.1) is 6.92 Å². The minimum Gasteiger partial charge on any atom is -0.494 e. The van der Waals surface area contributed by atoms with Gasteiger partial charge in [0.15, 0.2) is 0 Å². The number of rotatable bonds is 7. The van der Waals surface area contributed by atoms with Crippen molar-refractivity contribution in [1.29, 1.82) is 0 Å². The lowest BCUT2D eigenvalue weighted by Crippen LogP contribution is -2.26. The monoisotopic (exact) mass is 298 g/mol. The predicted octanol–water partition coefficient (Wildman–Crippen LogP) is 3.43. The van der Waals surface area contributed by atoms with Crippen LogP contribution in [0.1, 0.15) is 36.9 Å². The maximum absolute atomic E-state index is 11.9. The molecule has 1 heterocycles. The summed E-state index contributed by atoms with van der Waals surface area (Å²) in [6, 6.07) is 11.7. The Balaban J connectivity index is 1.66. The molecule has 1 atom stereocenters. The number of benzene rings is 1. The third-order valence-electron chi connectivity index (χ3n) is 3.40. The van der Waals surface area contributed by atoms with E-state index in [1.54, 1.807) is 12.4 Å². The van der Waals surface area contributed by atoms with Gasteiger partial charge in [-0.25, -0.2) is 0 Å². The van der Waals surface area contributed by atoms with Crippen molar-refractivity contribution in [1.82, 2.24) is 10.3 Å². The number of carbonyl (C=O) groups is 1. The van der Waals surface area contributed by atoms with E-state index in [0.717, 1.165) is 11.3 Å². The quantitative estimate of drug-likeness (QED) is 0.797. The maximum Gasteiger partial charge on any atom is 0.220 e. The van der Waals surface area contributed by atoms with Crippen molar-refractivity contribution in [2.75, 3.05) is 6.61 Å². The smallest absolute Gasteiger partial charge is 0.220 e. The summed E-state index contributed by atoms with van der Waals surface area (Å²) in [4.78, 5) is 16.0. The molecule has 2 rings (SSSR count). The number of hydrogen-bond acceptors (Lipinski definition) is 3. The maximum atomic E-state index is 11.9. The molecule has 4 nitrogen and oxygen atoms in total. The number of hydrogen-bond donors (Lipinski definition) is 1. The Kier molecular flexibility index (Phi) is 5.95. The highest BCUT2D eigenvalue weighted by atomic mass is 16.5. The van der Waals surface area contributed by atoms with E-state index in [1.807, 2.05) is 50.2 Å². The molecule has 0 fully saturated rings. The third-order valence-corrected chi connectivity index (χ3v) is 3.40. The average molecular weight is 298 g/mol. The van der Waals surface area contributed by atoms with Crippen molar-refractivity contribution < 1.29 is 9.53 Å². The number of pyridine rings is 1. The zero-order chi connectivity index (χ0) is 15.8. The zero-order valence-electron chi connectivity index (χ0n) is 13.1. The standard InChI is InChI=1S/C18H22N2O2/c1-14-7-9-17(10-8-14)22-12-4-6-18(21)20-15(2)16-5-3-11-19-13-16/h3,5,7-11,13,15H,4,6,12H2,1-2H3,(H,20,21)/t15-/m1/s1. The number of carbonyl (C=O) groups excluding carboxylic acids is 1. The van der Waals surface area contributed by atoms with E-state index < -0.39 is 0 Å². The normalized spacial score (nSPS) is 11.7. The fraction of sp³-hybridized carbons (Fsp3) is 0.333. The first-order valence-corrected chi connectivity index (χ1v) is 7.54. The molecule has 0 bridgehead atoms. The summed E-state index contributed by atoms with van der Waals surface area (Å²) in [6.45, 7) is 4.53. The molecule has 0 aliphatic heterocycles. The fourth-order valence-corrected chi connectivity index (χ4v) is 2.09. The molecule has 0 aliphatic carbocycles. The van der Waals surface area contributed by atoms with Gasteiger partial charge in [-0.2, -0.15) is 0 Å². The highest BCUT2D eigenvalue weighted by Crippen LogP contribution is 2.12. The Labute approximate surface area is 131 Å². The first-order chi connectivity index (χ1) is 10.6. The second kappa shape index (κ2) is 8.17. The van der Waals surface area contributed by atoms with Crippen LogP contribution < -0.4 is 10.1 Å². The average Bonchev–Trinajstić information content (AvgIpc) is 2.54. The van der Waals surface area contributed by atoms with Crippen LogP contribution in [0.4, 0.5) is 0 Å². The summed E-state index contributed by atoms with van der Waals surface area (Å²) in [5, 5.41) is 2.97. The molecule has 0 aliphatic rings. The van der Waals surface area contributed by atoms with Gasteiger partial charge in [-0.3, -0.25) is 9.78 Å². The fourth-order valence-electron chi connectivity index (χ4n) is 2.09. The number of nitrogens with zero attached hydrogens (tertiary/aromatic N) is 1. The topological polar surface area (TPSA) is 51.2 Å². The molecule has 4 heteroatoms. The largest absolute Gasteiger partial charge is 0.494 e. The van der Waals surface area contributed by atoms with Gasteiger partial charge in [-0.1, -0.05) is 23.8 Å². The number of aryl methyl sites for hydroxylation is 1. The van der Waals surface area contributed by atoms with E-state index in [-0.39, 0.29) is 11.9 Å². The minimum atomic E-state index is -0.0285. The van der Waals surface area contributed by atoms with Crippen LogP contribution in [0.15, 0.2) is 48.8 Å². The lowest BCUT2D eigenvalue weighted by atomic mass is 10.1. The lowest BCUT2D eigenvalue weighted by molar-refractivity contribution is -0.121. The van der Waals surface area contributed by atoms with Crippen molar-refractivity contribution >= 4 is 5.91 Å². The minimum absolute atomic E-state index is 0.0285. The second-order valence-electron chi connectivity index (χ2n) is 5.34. The van der Waals surface area contributed by atoms with Crippen molar-refractivity contribution in [2.24, 2.45) is 0 Å². The Bertz CT molecular complexity index is 582. The van der Waals surface area contributed by atoms with E-state index in [0.29, 0.717) is 19.4 Å². The molecule has 1 aromatic carbocycles. The Hall–Kier alpha value is -2.36. The summed E-state index contributed by atoms with van der Waals surface area (Å²) in [6.07, 6.45) is 4.64. The van der Waals surface area contributed by atoms with Crippen LogP contribution in [-0.4, -0.2) is 17.5 Å². The van der Waals surface area contributed by atoms with Gasteiger partial charge >= 0.3 is 0 Å². The summed E-state index contributed by atoms with van der Waals surface area (Å²) in [5.74, 6) is 0.874. The first-order valence-electron chi connectivity index (χ1n) is 7.54. The van der Waals surface area contributed by atoms with Gasteiger partial charge in [-0.05, 0) is 44.0 Å². The van der Waals surface area contributed by atoms with Crippen molar-refractivity contribution in [3.8, 4) is 5.75 Å². The zero-order valence-corrected chi connectivity index (χ0v) is 13.1. The molecule has 0 saturated heterocycles. The van der Waals surface area contributed by atoms with E-state index in [1.165, 1.54) is 5.56 Å². The molecular weight excluding hydrogens is 276 g/mol. The second-order valence-corrected chi connectivity index (χ2v) is 5.34. The SMILES string of the molecule is Cc1ccc(OCCCC(=O)N[C@H](C)c2cccnc2)cc1. The molecule has 1 N–H and O–H groups in total. The Morgan fingerprint density at radius 3 is 2.73 bits per heavy atom. The van der Waals surface area contributed by atoms with Crippen LogP contribution in [0.25, 0.3) is 0 Å². The lowest BCUT2D eigenvalue weighted by Gasteiger charge is -2.14. The molecule has 0 unspecified atom stereocenters. The van der Waals surface area contributed by atoms with Crippen LogP contribution in [-0.2, 0) is 4.79 Å². The van der Waals surface area contributed by atoms with Crippen LogP contribution in [0.5, 0.6) is 5.75 Å². The highest BCUT2D eigenvalue weighted by Gasteiger charge is 2.09. The third kappa shape index (κ3) is 5.20. The van der Waals surface area contributed by atoms with E-state index in [4.69, 9.17) is 4.74 Å². The first kappa shape index (κ1) is 16.0. The molecule has 1 amide bonds. The van der Waals surface area contributed by atoms with Crippen LogP contribution >= 0.6 is 0 Å². The van der Waals surface area contributed by atoms with Crippen LogP contribution in [0.2, 0.25) is 0 Å². The summed E-state index contributed by atoms with van der Waals surface area (Å²) in [7, 11) is 0. The molecule has 0 spiro atoms. The number of amides is 1. The van der Waals surface area contributed by atoms with Crippen molar-refractivity contribution in [3.63, 3.8) is 0 Å². The van der Waals surface area contributed by atoms with Gasteiger partial charge in [0, 0.05) is 18.8 Å². The Morgan fingerprint density at radius 1 is 1.27 bits per heavy atom. The van der Waals surface area contributed by atoms with Gasteiger partial charge in [-0.15, -0.1) is 0 Å².